The third kappa shape index (κ3) is 6.21. The maximum absolute atomic E-state index is 12.3. The maximum Gasteiger partial charge on any atom is 0.338 e. The van der Waals surface area contributed by atoms with Crippen LogP contribution in [0.1, 0.15) is 71.6 Å². The van der Waals surface area contributed by atoms with Crippen LogP contribution in [0.25, 0.3) is 0 Å². The van der Waals surface area contributed by atoms with Crippen molar-refractivity contribution in [3.63, 3.8) is 0 Å². The number of esters is 3. The molecule has 6 heteroatoms. The molecule has 6 nitrogen and oxygen atoms in total. The largest absolute Gasteiger partial charge is 0.462 e. The average molecular weight is 350 g/mol. The fourth-order valence-electron chi connectivity index (χ4n) is 2.21. The van der Waals surface area contributed by atoms with Crippen molar-refractivity contribution in [2.24, 2.45) is 5.92 Å². The quantitative estimate of drug-likeness (QED) is 0.500. The minimum Gasteiger partial charge on any atom is -0.462 e. The van der Waals surface area contributed by atoms with Crippen molar-refractivity contribution in [1.82, 2.24) is 0 Å². The van der Waals surface area contributed by atoms with Gasteiger partial charge in [-0.3, -0.25) is 0 Å². The van der Waals surface area contributed by atoms with Gasteiger partial charge in [-0.1, -0.05) is 26.7 Å². The average Bonchev–Trinajstić information content (AvgIpc) is 2.62. The van der Waals surface area contributed by atoms with E-state index >= 15 is 0 Å². The van der Waals surface area contributed by atoms with E-state index in [4.69, 9.17) is 14.2 Å². The van der Waals surface area contributed by atoms with E-state index in [-0.39, 0.29) is 35.8 Å². The van der Waals surface area contributed by atoms with Crippen LogP contribution in [-0.4, -0.2) is 37.7 Å². The van der Waals surface area contributed by atoms with E-state index in [0.29, 0.717) is 6.61 Å². The maximum atomic E-state index is 12.3. The lowest BCUT2D eigenvalue weighted by molar-refractivity contribution is 0.0433. The molecule has 1 aromatic rings. The zero-order valence-corrected chi connectivity index (χ0v) is 15.3. The Morgan fingerprint density at radius 2 is 1.08 bits per heavy atom. The lowest BCUT2D eigenvalue weighted by Crippen LogP contribution is -2.16. The molecular formula is C19H26O6. The molecule has 0 saturated carbocycles. The van der Waals surface area contributed by atoms with Gasteiger partial charge in [-0.25, -0.2) is 14.4 Å². The molecule has 0 radical (unpaired) electrons. The van der Waals surface area contributed by atoms with Gasteiger partial charge in [0.15, 0.2) is 0 Å². The SMILES string of the molecule is CCOC(=O)c1cc(C(=O)OCC)cc(C(=O)OCC(CC)CC)c1. The molecule has 0 aromatic heterocycles. The zero-order valence-electron chi connectivity index (χ0n) is 15.3. The lowest BCUT2D eigenvalue weighted by atomic mass is 10.0. The van der Waals surface area contributed by atoms with Crippen LogP contribution in [-0.2, 0) is 14.2 Å². The smallest absolute Gasteiger partial charge is 0.338 e. The molecule has 0 atom stereocenters. The predicted octanol–water partition coefficient (Wildman–Crippen LogP) is 3.63. The predicted molar refractivity (Wildman–Crippen MR) is 92.7 cm³/mol. The molecule has 1 rings (SSSR count). The summed E-state index contributed by atoms with van der Waals surface area (Å²) in [6.07, 6.45) is 1.81. The summed E-state index contributed by atoms with van der Waals surface area (Å²) in [5, 5.41) is 0. The third-order valence-corrected chi connectivity index (χ3v) is 3.80. The summed E-state index contributed by atoms with van der Waals surface area (Å²) in [4.78, 5) is 36.3. The standard InChI is InChI=1S/C19H26O6/c1-5-13(6-2)12-25-19(22)16-10-14(17(20)23-7-3)9-15(11-16)18(21)24-8-4/h9-11,13H,5-8,12H2,1-4H3. The van der Waals surface area contributed by atoms with Gasteiger partial charge in [-0.15, -0.1) is 0 Å². The molecular weight excluding hydrogens is 324 g/mol. The van der Waals surface area contributed by atoms with Gasteiger partial charge >= 0.3 is 17.9 Å². The fraction of sp³-hybridized carbons (Fsp3) is 0.526. The van der Waals surface area contributed by atoms with Gasteiger partial charge in [0.25, 0.3) is 0 Å². The molecule has 0 aliphatic rings. The van der Waals surface area contributed by atoms with Crippen LogP contribution in [0.5, 0.6) is 0 Å². The van der Waals surface area contributed by atoms with E-state index in [2.05, 4.69) is 0 Å². The van der Waals surface area contributed by atoms with Gasteiger partial charge in [0.2, 0.25) is 0 Å². The summed E-state index contributed by atoms with van der Waals surface area (Å²) in [6, 6.07) is 4.10. The van der Waals surface area contributed by atoms with E-state index < -0.39 is 17.9 Å². The van der Waals surface area contributed by atoms with Crippen LogP contribution in [0.15, 0.2) is 18.2 Å². The van der Waals surface area contributed by atoms with E-state index in [0.717, 1.165) is 12.8 Å². The minimum atomic E-state index is -0.609. The topological polar surface area (TPSA) is 78.9 Å². The summed E-state index contributed by atoms with van der Waals surface area (Å²) in [5.74, 6) is -1.52. The van der Waals surface area contributed by atoms with Crippen LogP contribution in [0, 0.1) is 5.92 Å². The summed E-state index contributed by atoms with van der Waals surface area (Å²) in [7, 11) is 0. The molecule has 1 aromatic carbocycles. The van der Waals surface area contributed by atoms with Gasteiger partial charge < -0.3 is 14.2 Å². The number of hydrogen-bond acceptors (Lipinski definition) is 6. The van der Waals surface area contributed by atoms with Crippen molar-refractivity contribution in [2.45, 2.75) is 40.5 Å². The van der Waals surface area contributed by atoms with Crippen LogP contribution >= 0.6 is 0 Å². The fourth-order valence-corrected chi connectivity index (χ4v) is 2.21. The van der Waals surface area contributed by atoms with E-state index in [1.807, 2.05) is 13.8 Å². The van der Waals surface area contributed by atoms with E-state index in [1.54, 1.807) is 13.8 Å². The molecule has 0 aliphatic heterocycles. The van der Waals surface area contributed by atoms with Crippen LogP contribution in [0.2, 0.25) is 0 Å². The molecule has 138 valence electrons. The van der Waals surface area contributed by atoms with Gasteiger partial charge in [-0.05, 0) is 38.0 Å². The Kier molecular flexibility index (Phi) is 8.67. The summed E-state index contributed by atoms with van der Waals surface area (Å²) < 4.78 is 15.2. The molecule has 0 N–H and O–H groups in total. The highest BCUT2D eigenvalue weighted by atomic mass is 16.5. The molecule has 0 heterocycles. The number of ether oxygens (including phenoxy) is 3. The number of carbonyl (C=O) groups is 3. The van der Waals surface area contributed by atoms with Crippen molar-refractivity contribution in [1.29, 1.82) is 0 Å². The summed E-state index contributed by atoms with van der Waals surface area (Å²) in [6.45, 7) is 8.10. The summed E-state index contributed by atoms with van der Waals surface area (Å²) in [5.41, 5.74) is 0.350. The van der Waals surface area contributed by atoms with Gasteiger partial charge in [0, 0.05) is 0 Å². The van der Waals surface area contributed by atoms with Crippen molar-refractivity contribution < 1.29 is 28.6 Å². The molecule has 0 fully saturated rings. The Labute approximate surface area is 148 Å². The number of rotatable bonds is 9. The first-order valence-corrected chi connectivity index (χ1v) is 8.63. The van der Waals surface area contributed by atoms with Gasteiger partial charge in [0.1, 0.15) is 0 Å². The number of carbonyl (C=O) groups excluding carboxylic acids is 3. The minimum absolute atomic E-state index is 0.113. The Morgan fingerprint density at radius 3 is 1.40 bits per heavy atom. The van der Waals surface area contributed by atoms with Crippen molar-refractivity contribution >= 4 is 17.9 Å². The second-order valence-corrected chi connectivity index (χ2v) is 5.52. The normalized spacial score (nSPS) is 10.4. The Morgan fingerprint density at radius 1 is 0.720 bits per heavy atom. The van der Waals surface area contributed by atoms with Crippen molar-refractivity contribution in [3.8, 4) is 0 Å². The second-order valence-electron chi connectivity index (χ2n) is 5.52. The molecule has 25 heavy (non-hydrogen) atoms. The molecule has 0 saturated heterocycles. The van der Waals surface area contributed by atoms with Crippen LogP contribution in [0.3, 0.4) is 0 Å². The molecule has 0 amide bonds. The molecule has 0 bridgehead atoms. The van der Waals surface area contributed by atoms with Gasteiger partial charge in [-0.2, -0.15) is 0 Å². The molecule has 0 spiro atoms. The number of hydrogen-bond donors (Lipinski definition) is 0. The summed E-state index contributed by atoms with van der Waals surface area (Å²) >= 11 is 0. The third-order valence-electron chi connectivity index (χ3n) is 3.80. The first kappa shape index (κ1) is 20.7. The highest BCUT2D eigenvalue weighted by Gasteiger charge is 2.19. The first-order valence-electron chi connectivity index (χ1n) is 8.63. The molecule has 0 unspecified atom stereocenters. The lowest BCUT2D eigenvalue weighted by Gasteiger charge is -2.13. The van der Waals surface area contributed by atoms with E-state index in [1.165, 1.54) is 18.2 Å². The zero-order chi connectivity index (χ0) is 18.8. The van der Waals surface area contributed by atoms with Crippen LogP contribution < -0.4 is 0 Å². The molecule has 0 aliphatic carbocycles. The Bertz CT molecular complexity index is 568. The van der Waals surface area contributed by atoms with Crippen molar-refractivity contribution in [3.05, 3.63) is 34.9 Å². The Balaban J connectivity index is 3.08. The highest BCUT2D eigenvalue weighted by molar-refractivity contribution is 6.00. The van der Waals surface area contributed by atoms with Crippen LogP contribution in [0.4, 0.5) is 0 Å². The first-order chi connectivity index (χ1) is 12.0. The Hall–Kier alpha value is -2.37. The highest BCUT2D eigenvalue weighted by Crippen LogP contribution is 2.16. The second kappa shape index (κ2) is 10.5. The van der Waals surface area contributed by atoms with Crippen molar-refractivity contribution in [2.75, 3.05) is 19.8 Å². The van der Waals surface area contributed by atoms with Gasteiger partial charge in [0.05, 0.1) is 36.5 Å². The monoisotopic (exact) mass is 350 g/mol. The number of benzene rings is 1. The van der Waals surface area contributed by atoms with E-state index in [9.17, 15) is 14.4 Å².